The topological polar surface area (TPSA) is 52.6 Å². The third-order valence-electron chi connectivity index (χ3n) is 1.92. The number of halogens is 1. The van der Waals surface area contributed by atoms with Crippen LogP contribution in [0.1, 0.15) is 20.3 Å². The van der Waals surface area contributed by atoms with Gasteiger partial charge in [-0.2, -0.15) is 0 Å². The third kappa shape index (κ3) is 4.46. The number of esters is 2. The van der Waals surface area contributed by atoms with E-state index in [-0.39, 0.29) is 18.4 Å². The predicted molar refractivity (Wildman–Crippen MR) is 51.8 cm³/mol. The Kier molecular flexibility index (Phi) is 6.28. The van der Waals surface area contributed by atoms with Crippen LogP contribution in [-0.4, -0.2) is 25.1 Å². The maximum Gasteiger partial charge on any atom is 0.310 e. The Hall–Kier alpha value is -0.770. The van der Waals surface area contributed by atoms with Gasteiger partial charge in [0, 0.05) is 0 Å². The average Bonchev–Trinajstić information content (AvgIpc) is 2.13. The fourth-order valence-corrected chi connectivity index (χ4v) is 1.12. The molecule has 0 saturated heterocycles. The van der Waals surface area contributed by atoms with Crippen LogP contribution in [0.25, 0.3) is 0 Å². The van der Waals surface area contributed by atoms with Gasteiger partial charge in [0.1, 0.15) is 0 Å². The molecule has 0 aliphatic carbocycles. The second-order valence-electron chi connectivity index (χ2n) is 3.20. The normalized spacial score (nSPS) is 12.4. The minimum Gasteiger partial charge on any atom is -0.469 e. The summed E-state index contributed by atoms with van der Waals surface area (Å²) in [7, 11) is 1.28. The smallest absolute Gasteiger partial charge is 0.310 e. The molecule has 0 aromatic heterocycles. The first-order valence-corrected chi connectivity index (χ1v) is 4.85. The maximum absolute atomic E-state index is 11.3. The number of hydrogen-bond acceptors (Lipinski definition) is 4. The lowest BCUT2D eigenvalue weighted by molar-refractivity contribution is -0.154. The quantitative estimate of drug-likeness (QED) is 0.523. The summed E-state index contributed by atoms with van der Waals surface area (Å²) in [6.07, 6.45) is 0.0316. The molecule has 0 aliphatic heterocycles. The van der Waals surface area contributed by atoms with Crippen LogP contribution >= 0.6 is 11.6 Å². The summed E-state index contributed by atoms with van der Waals surface area (Å²) < 4.78 is 9.11. The Labute approximate surface area is 88.5 Å². The number of carbonyl (C=O) groups is 2. The van der Waals surface area contributed by atoms with Crippen LogP contribution in [0.2, 0.25) is 0 Å². The van der Waals surface area contributed by atoms with E-state index < -0.39 is 17.9 Å². The summed E-state index contributed by atoms with van der Waals surface area (Å²) in [4.78, 5) is 22.3. The van der Waals surface area contributed by atoms with Gasteiger partial charge in [-0.3, -0.25) is 9.59 Å². The molecule has 0 spiro atoms. The Morgan fingerprint density at radius 2 is 1.93 bits per heavy atom. The minimum atomic E-state index is -0.485. The summed E-state index contributed by atoms with van der Waals surface area (Å²) in [5.41, 5.74) is 0. The lowest BCUT2D eigenvalue weighted by Crippen LogP contribution is -2.25. The molecule has 0 heterocycles. The molecule has 0 fully saturated rings. The maximum atomic E-state index is 11.3. The van der Waals surface area contributed by atoms with Gasteiger partial charge in [-0.1, -0.05) is 25.4 Å². The van der Waals surface area contributed by atoms with Crippen molar-refractivity contribution in [2.75, 3.05) is 13.2 Å². The van der Waals surface area contributed by atoms with Gasteiger partial charge in [-0.25, -0.2) is 0 Å². The van der Waals surface area contributed by atoms with Crippen molar-refractivity contribution in [1.29, 1.82) is 0 Å². The first kappa shape index (κ1) is 13.2. The van der Waals surface area contributed by atoms with Gasteiger partial charge in [0.05, 0.1) is 19.4 Å². The van der Waals surface area contributed by atoms with Crippen LogP contribution in [0.15, 0.2) is 0 Å². The van der Waals surface area contributed by atoms with Crippen LogP contribution in [0, 0.1) is 11.8 Å². The molecule has 0 aromatic rings. The van der Waals surface area contributed by atoms with Crippen molar-refractivity contribution in [3.63, 3.8) is 0 Å². The van der Waals surface area contributed by atoms with Gasteiger partial charge in [-0.05, 0) is 5.92 Å². The standard InChI is InChI=1S/C9H15ClO4/c1-6(2)7(4-8(11)13-3)9(12)14-5-10/h6-7H,4-5H2,1-3H3/t7-/m0/s1. The van der Waals surface area contributed by atoms with Gasteiger partial charge in [0.15, 0.2) is 6.07 Å². The molecule has 0 saturated carbocycles. The Balaban J connectivity index is 4.29. The second-order valence-corrected chi connectivity index (χ2v) is 3.42. The highest BCUT2D eigenvalue weighted by Crippen LogP contribution is 2.17. The van der Waals surface area contributed by atoms with Crippen LogP contribution in [0.5, 0.6) is 0 Å². The molecule has 5 heteroatoms. The molecule has 1 atom stereocenters. The van der Waals surface area contributed by atoms with E-state index in [0.29, 0.717) is 0 Å². The molecule has 0 aliphatic rings. The lowest BCUT2D eigenvalue weighted by Gasteiger charge is -2.17. The zero-order chi connectivity index (χ0) is 11.1. The van der Waals surface area contributed by atoms with Crippen LogP contribution in [0.4, 0.5) is 0 Å². The SMILES string of the molecule is COC(=O)C[C@H](C(=O)OCCl)C(C)C. The molecule has 14 heavy (non-hydrogen) atoms. The van der Waals surface area contributed by atoms with Crippen LogP contribution in [0.3, 0.4) is 0 Å². The number of hydrogen-bond donors (Lipinski definition) is 0. The molecule has 0 bridgehead atoms. The highest BCUT2D eigenvalue weighted by molar-refractivity contribution is 6.17. The fourth-order valence-electron chi connectivity index (χ4n) is 1.01. The second kappa shape index (κ2) is 6.65. The zero-order valence-corrected chi connectivity index (χ0v) is 9.34. The number of ether oxygens (including phenoxy) is 2. The van der Waals surface area contributed by atoms with Gasteiger partial charge in [0.25, 0.3) is 0 Å². The van der Waals surface area contributed by atoms with E-state index in [1.807, 2.05) is 13.8 Å². The van der Waals surface area contributed by atoms with Crippen molar-refractivity contribution in [3.05, 3.63) is 0 Å². The van der Waals surface area contributed by atoms with Crippen molar-refractivity contribution in [2.45, 2.75) is 20.3 Å². The lowest BCUT2D eigenvalue weighted by atomic mass is 9.93. The summed E-state index contributed by atoms with van der Waals surface area (Å²) in [5, 5.41) is 0. The van der Waals surface area contributed by atoms with Gasteiger partial charge < -0.3 is 9.47 Å². The Morgan fingerprint density at radius 3 is 2.29 bits per heavy atom. The summed E-state index contributed by atoms with van der Waals surface area (Å²) in [5.74, 6) is -1.35. The molecule has 82 valence electrons. The Morgan fingerprint density at radius 1 is 1.36 bits per heavy atom. The molecule has 0 N–H and O–H groups in total. The Bertz CT molecular complexity index is 203. The largest absolute Gasteiger partial charge is 0.469 e. The fraction of sp³-hybridized carbons (Fsp3) is 0.778. The van der Waals surface area contributed by atoms with Crippen molar-refractivity contribution in [2.24, 2.45) is 11.8 Å². The molecule has 0 unspecified atom stereocenters. The third-order valence-corrected chi connectivity index (χ3v) is 2.03. The zero-order valence-electron chi connectivity index (χ0n) is 8.58. The summed E-state index contributed by atoms with van der Waals surface area (Å²) >= 11 is 5.26. The van der Waals surface area contributed by atoms with E-state index in [9.17, 15) is 9.59 Å². The summed E-state index contributed by atoms with van der Waals surface area (Å²) in [6.45, 7) is 3.67. The number of rotatable bonds is 5. The van der Waals surface area contributed by atoms with Gasteiger partial charge in [-0.15, -0.1) is 0 Å². The van der Waals surface area contributed by atoms with Crippen molar-refractivity contribution < 1.29 is 19.1 Å². The monoisotopic (exact) mass is 222 g/mol. The highest BCUT2D eigenvalue weighted by atomic mass is 35.5. The molecular formula is C9H15ClO4. The van der Waals surface area contributed by atoms with Crippen LogP contribution < -0.4 is 0 Å². The molecule has 0 rings (SSSR count). The van der Waals surface area contributed by atoms with E-state index >= 15 is 0 Å². The molecular weight excluding hydrogens is 208 g/mol. The van der Waals surface area contributed by atoms with E-state index in [1.54, 1.807) is 0 Å². The van der Waals surface area contributed by atoms with Crippen LogP contribution in [-0.2, 0) is 19.1 Å². The van der Waals surface area contributed by atoms with E-state index in [1.165, 1.54) is 7.11 Å². The van der Waals surface area contributed by atoms with Crippen molar-refractivity contribution in [3.8, 4) is 0 Å². The molecule has 0 aromatic carbocycles. The van der Waals surface area contributed by atoms with E-state index in [4.69, 9.17) is 11.6 Å². The van der Waals surface area contributed by atoms with Gasteiger partial charge in [0.2, 0.25) is 0 Å². The average molecular weight is 223 g/mol. The first-order valence-electron chi connectivity index (χ1n) is 4.32. The summed E-state index contributed by atoms with van der Waals surface area (Å²) in [6, 6.07) is -0.191. The first-order chi connectivity index (χ1) is 6.52. The highest BCUT2D eigenvalue weighted by Gasteiger charge is 2.26. The minimum absolute atomic E-state index is 0.0183. The predicted octanol–water partition coefficient (Wildman–Crippen LogP) is 1.56. The van der Waals surface area contributed by atoms with E-state index in [2.05, 4.69) is 9.47 Å². The molecule has 0 radical (unpaired) electrons. The van der Waals surface area contributed by atoms with Gasteiger partial charge >= 0.3 is 11.9 Å². The number of alkyl halides is 1. The molecule has 4 nitrogen and oxygen atoms in total. The van der Waals surface area contributed by atoms with Crippen molar-refractivity contribution >= 4 is 23.5 Å². The van der Waals surface area contributed by atoms with E-state index in [0.717, 1.165) is 0 Å². The van der Waals surface area contributed by atoms with Crippen molar-refractivity contribution in [1.82, 2.24) is 0 Å². The number of carbonyl (C=O) groups excluding carboxylic acids is 2. The number of methoxy groups -OCH3 is 1. The molecule has 0 amide bonds.